The summed E-state index contributed by atoms with van der Waals surface area (Å²) >= 11 is 1.71. The molecule has 0 spiro atoms. The fourth-order valence-electron chi connectivity index (χ4n) is 3.58. The fourth-order valence-corrected chi connectivity index (χ4v) is 4.29. The Balaban J connectivity index is 1.40. The van der Waals surface area contributed by atoms with Crippen molar-refractivity contribution in [2.45, 2.75) is 44.6 Å². The number of likely N-dealkylation sites (tertiary alicyclic amines) is 1. The molecule has 1 aromatic heterocycles. The van der Waals surface area contributed by atoms with Crippen molar-refractivity contribution >= 4 is 23.2 Å². The molecular formula is C18H27N3O2S. The molecule has 2 aliphatic heterocycles. The third-order valence-corrected chi connectivity index (χ3v) is 5.92. The number of amides is 2. The largest absolute Gasteiger partial charge is 0.354 e. The molecule has 2 atom stereocenters. The van der Waals surface area contributed by atoms with Gasteiger partial charge in [0.1, 0.15) is 0 Å². The highest BCUT2D eigenvalue weighted by Gasteiger charge is 2.26. The van der Waals surface area contributed by atoms with Crippen LogP contribution in [0.1, 0.15) is 37.0 Å². The lowest BCUT2D eigenvalue weighted by Gasteiger charge is -2.33. The minimum atomic E-state index is -0.0166. The molecule has 3 rings (SSSR count). The molecule has 2 amide bonds. The van der Waals surface area contributed by atoms with Crippen LogP contribution in [0.3, 0.4) is 0 Å². The number of thiophene rings is 1. The molecule has 2 fully saturated rings. The maximum Gasteiger partial charge on any atom is 0.237 e. The number of carbonyl (C=O) groups excluding carboxylic acids is 2. The van der Waals surface area contributed by atoms with E-state index in [2.05, 4.69) is 22.1 Å². The van der Waals surface area contributed by atoms with Gasteiger partial charge in [-0.05, 0) is 56.0 Å². The van der Waals surface area contributed by atoms with Gasteiger partial charge in [-0.1, -0.05) is 6.07 Å². The zero-order chi connectivity index (χ0) is 16.8. The molecule has 2 saturated heterocycles. The van der Waals surface area contributed by atoms with Crippen molar-refractivity contribution in [1.82, 2.24) is 15.5 Å². The highest BCUT2D eigenvalue weighted by atomic mass is 32.1. The number of piperidine rings is 1. The third-order valence-electron chi connectivity index (χ3n) is 4.98. The van der Waals surface area contributed by atoms with Crippen LogP contribution in [0.15, 0.2) is 17.5 Å². The van der Waals surface area contributed by atoms with E-state index in [0.717, 1.165) is 51.7 Å². The topological polar surface area (TPSA) is 61.4 Å². The smallest absolute Gasteiger partial charge is 0.237 e. The van der Waals surface area contributed by atoms with Crippen LogP contribution in [0, 0.1) is 5.92 Å². The minimum absolute atomic E-state index is 0.0166. The van der Waals surface area contributed by atoms with Crippen molar-refractivity contribution in [3.63, 3.8) is 0 Å². The van der Waals surface area contributed by atoms with E-state index in [1.54, 1.807) is 11.3 Å². The number of nitrogens with zero attached hydrogens (tertiary/aromatic N) is 1. The van der Waals surface area contributed by atoms with E-state index in [0.29, 0.717) is 18.9 Å². The average molecular weight is 350 g/mol. The molecule has 1 aromatic rings. The summed E-state index contributed by atoms with van der Waals surface area (Å²) in [5, 5.41) is 8.35. The monoisotopic (exact) mass is 349 g/mol. The molecule has 2 aliphatic rings. The van der Waals surface area contributed by atoms with Crippen molar-refractivity contribution in [3.8, 4) is 0 Å². The predicted octanol–water partition coefficient (Wildman–Crippen LogP) is 1.79. The van der Waals surface area contributed by atoms with Gasteiger partial charge in [0.05, 0.1) is 6.04 Å². The highest BCUT2D eigenvalue weighted by molar-refractivity contribution is 7.09. The molecular weight excluding hydrogens is 322 g/mol. The second-order valence-electron chi connectivity index (χ2n) is 6.82. The van der Waals surface area contributed by atoms with Crippen LogP contribution in [0.2, 0.25) is 0 Å². The standard InChI is InChI=1S/C18H27N3O2S/c22-17(8-7-15-5-3-11-24-15)21-10-2-4-14(13-21)12-20-18(23)16-6-1-9-19-16/h3,5,11,14,16,19H,1-2,4,6-10,12-13H2,(H,20,23). The maximum absolute atomic E-state index is 12.4. The summed E-state index contributed by atoms with van der Waals surface area (Å²) in [4.78, 5) is 27.8. The van der Waals surface area contributed by atoms with Gasteiger partial charge in [0.2, 0.25) is 11.8 Å². The lowest BCUT2D eigenvalue weighted by molar-refractivity contribution is -0.132. The summed E-state index contributed by atoms with van der Waals surface area (Å²) in [5.74, 6) is 0.750. The molecule has 0 aromatic carbocycles. The van der Waals surface area contributed by atoms with Crippen LogP contribution < -0.4 is 10.6 Å². The Labute approximate surface area is 147 Å². The van der Waals surface area contributed by atoms with Gasteiger partial charge >= 0.3 is 0 Å². The first-order valence-corrected chi connectivity index (χ1v) is 9.91. The third kappa shape index (κ3) is 4.80. The molecule has 0 aliphatic carbocycles. The van der Waals surface area contributed by atoms with Crippen LogP contribution >= 0.6 is 11.3 Å². The van der Waals surface area contributed by atoms with Crippen molar-refractivity contribution in [2.24, 2.45) is 5.92 Å². The van der Waals surface area contributed by atoms with E-state index in [4.69, 9.17) is 0 Å². The van der Waals surface area contributed by atoms with Gasteiger partial charge in [-0.3, -0.25) is 9.59 Å². The highest BCUT2D eigenvalue weighted by Crippen LogP contribution is 2.18. The van der Waals surface area contributed by atoms with Crippen LogP contribution in [-0.2, 0) is 16.0 Å². The molecule has 2 unspecified atom stereocenters. The number of rotatable bonds is 6. The van der Waals surface area contributed by atoms with Gasteiger partial charge in [-0.25, -0.2) is 0 Å². The molecule has 132 valence electrons. The Morgan fingerprint density at radius 3 is 3.00 bits per heavy atom. The second kappa shape index (κ2) is 8.62. The number of hydrogen-bond donors (Lipinski definition) is 2. The molecule has 0 saturated carbocycles. The van der Waals surface area contributed by atoms with Gasteiger partial charge in [0.25, 0.3) is 0 Å². The van der Waals surface area contributed by atoms with E-state index in [1.165, 1.54) is 4.88 Å². The Morgan fingerprint density at radius 1 is 1.33 bits per heavy atom. The first kappa shape index (κ1) is 17.4. The predicted molar refractivity (Wildman–Crippen MR) is 96.0 cm³/mol. The van der Waals surface area contributed by atoms with Gasteiger partial charge in [-0.15, -0.1) is 11.3 Å². The number of carbonyl (C=O) groups is 2. The van der Waals surface area contributed by atoms with Crippen LogP contribution in [0.5, 0.6) is 0 Å². The van der Waals surface area contributed by atoms with Crippen molar-refractivity contribution < 1.29 is 9.59 Å². The first-order valence-electron chi connectivity index (χ1n) is 9.03. The Morgan fingerprint density at radius 2 is 2.25 bits per heavy atom. The van der Waals surface area contributed by atoms with E-state index in [1.807, 2.05) is 11.0 Å². The van der Waals surface area contributed by atoms with Crippen molar-refractivity contribution in [1.29, 1.82) is 0 Å². The lowest BCUT2D eigenvalue weighted by Crippen LogP contribution is -2.46. The molecule has 0 bridgehead atoms. The Bertz CT molecular complexity index is 540. The summed E-state index contributed by atoms with van der Waals surface area (Å²) in [6, 6.07) is 4.10. The van der Waals surface area contributed by atoms with Crippen molar-refractivity contribution in [3.05, 3.63) is 22.4 Å². The normalized spacial score (nSPS) is 24.1. The summed E-state index contributed by atoms with van der Waals surface area (Å²) in [6.45, 7) is 3.26. The van der Waals surface area contributed by atoms with Gasteiger partial charge in [0.15, 0.2) is 0 Å². The molecule has 3 heterocycles. The number of aryl methyl sites for hydroxylation is 1. The summed E-state index contributed by atoms with van der Waals surface area (Å²) in [7, 11) is 0. The van der Waals surface area contributed by atoms with Gasteiger partial charge in [0, 0.05) is 30.9 Å². The van der Waals surface area contributed by atoms with E-state index in [-0.39, 0.29) is 17.9 Å². The van der Waals surface area contributed by atoms with Crippen LogP contribution in [0.4, 0.5) is 0 Å². The van der Waals surface area contributed by atoms with Crippen LogP contribution in [0.25, 0.3) is 0 Å². The maximum atomic E-state index is 12.4. The molecule has 6 heteroatoms. The zero-order valence-corrected chi connectivity index (χ0v) is 14.9. The summed E-state index contributed by atoms with van der Waals surface area (Å²) < 4.78 is 0. The molecule has 24 heavy (non-hydrogen) atoms. The molecule has 2 N–H and O–H groups in total. The minimum Gasteiger partial charge on any atom is -0.354 e. The fraction of sp³-hybridized carbons (Fsp3) is 0.667. The lowest BCUT2D eigenvalue weighted by atomic mass is 9.97. The van der Waals surface area contributed by atoms with Gasteiger partial charge in [-0.2, -0.15) is 0 Å². The SMILES string of the molecule is O=C(NCC1CCCN(C(=O)CCc2cccs2)C1)C1CCCN1. The zero-order valence-electron chi connectivity index (χ0n) is 14.1. The Hall–Kier alpha value is -1.40. The van der Waals surface area contributed by atoms with E-state index >= 15 is 0 Å². The quantitative estimate of drug-likeness (QED) is 0.823. The second-order valence-corrected chi connectivity index (χ2v) is 7.85. The number of hydrogen-bond acceptors (Lipinski definition) is 4. The number of nitrogens with one attached hydrogen (secondary N) is 2. The van der Waals surface area contributed by atoms with Gasteiger partial charge < -0.3 is 15.5 Å². The van der Waals surface area contributed by atoms with Crippen molar-refractivity contribution in [2.75, 3.05) is 26.2 Å². The average Bonchev–Trinajstić information content (AvgIpc) is 3.31. The van der Waals surface area contributed by atoms with E-state index < -0.39 is 0 Å². The van der Waals surface area contributed by atoms with Crippen LogP contribution in [-0.4, -0.2) is 48.9 Å². The van der Waals surface area contributed by atoms with E-state index in [9.17, 15) is 9.59 Å². The Kier molecular flexibility index (Phi) is 6.26. The summed E-state index contributed by atoms with van der Waals surface area (Å²) in [5.41, 5.74) is 0. The summed E-state index contributed by atoms with van der Waals surface area (Å²) in [6.07, 6.45) is 5.56. The molecule has 5 nitrogen and oxygen atoms in total. The first-order chi connectivity index (χ1) is 11.7. The molecule has 0 radical (unpaired) electrons.